The number of hydrogen-bond acceptors (Lipinski definition) is 4. The largest absolute Gasteiger partial charge is 0.457 e. The van der Waals surface area contributed by atoms with Crippen LogP contribution in [0.25, 0.3) is 5.69 Å². The van der Waals surface area contributed by atoms with Gasteiger partial charge in [-0.05, 0) is 85.1 Å². The summed E-state index contributed by atoms with van der Waals surface area (Å²) in [4.78, 5) is 14.2. The lowest BCUT2D eigenvalue weighted by Gasteiger charge is -2.24. The van der Waals surface area contributed by atoms with Gasteiger partial charge >= 0.3 is 6.09 Å². The molecule has 6 nitrogen and oxygen atoms in total. The normalized spacial score (nSPS) is 15.8. The second kappa shape index (κ2) is 9.32. The summed E-state index contributed by atoms with van der Waals surface area (Å²) in [6, 6.07) is 19.5. The molecule has 0 saturated carbocycles. The summed E-state index contributed by atoms with van der Waals surface area (Å²) in [5.74, 6) is 1.62. The molecule has 0 unspecified atom stereocenters. The molecule has 1 amide bonds. The molecule has 1 aromatic heterocycles. The molecule has 1 aliphatic heterocycles. The third-order valence-corrected chi connectivity index (χ3v) is 6.28. The Bertz CT molecular complexity index is 1170. The van der Waals surface area contributed by atoms with Gasteiger partial charge in [-0.25, -0.2) is 4.79 Å². The molecule has 2 heterocycles. The molecule has 0 N–H and O–H groups in total. The Morgan fingerprint density at radius 3 is 2.39 bits per heavy atom. The maximum atomic E-state index is 12.5. The summed E-state index contributed by atoms with van der Waals surface area (Å²) in [6.07, 6.45) is 2.50. The smallest absolute Gasteiger partial charge is 0.410 e. The van der Waals surface area contributed by atoms with Gasteiger partial charge < -0.3 is 18.9 Å². The zero-order chi connectivity index (χ0) is 23.6. The number of benzene rings is 2. The number of aromatic nitrogens is 1. The molecule has 1 fully saturated rings. The van der Waals surface area contributed by atoms with Gasteiger partial charge in [-0.15, -0.1) is 0 Å². The van der Waals surface area contributed by atoms with Crippen molar-refractivity contribution in [1.29, 1.82) is 5.26 Å². The highest BCUT2D eigenvalue weighted by Gasteiger charge is 2.33. The van der Waals surface area contributed by atoms with E-state index in [1.54, 1.807) is 4.90 Å². The van der Waals surface area contributed by atoms with Crippen LogP contribution in [0, 0.1) is 11.3 Å². The maximum absolute atomic E-state index is 12.5. The number of nitrogens with zero attached hydrogens (tertiary/aromatic N) is 3. The highest BCUT2D eigenvalue weighted by atomic mass is 79.9. The lowest BCUT2D eigenvalue weighted by molar-refractivity contribution is 0.0292. The fraction of sp³-hybridized carbons (Fsp3) is 0.308. The fourth-order valence-corrected chi connectivity index (χ4v) is 4.61. The van der Waals surface area contributed by atoms with Gasteiger partial charge in [0.2, 0.25) is 0 Å². The zero-order valence-corrected chi connectivity index (χ0v) is 20.5. The first kappa shape index (κ1) is 22.9. The third-order valence-electron chi connectivity index (χ3n) is 5.45. The average molecular weight is 508 g/mol. The molecular formula is C26H26BrN3O3. The second-order valence-electron chi connectivity index (χ2n) is 9.05. The van der Waals surface area contributed by atoms with E-state index in [4.69, 9.17) is 9.47 Å². The van der Waals surface area contributed by atoms with E-state index in [9.17, 15) is 10.1 Å². The molecule has 33 heavy (non-hydrogen) atoms. The van der Waals surface area contributed by atoms with Gasteiger partial charge in [0.15, 0.2) is 0 Å². The molecule has 2 aromatic carbocycles. The third kappa shape index (κ3) is 5.23. The number of carbonyl (C=O) groups excluding carboxylic acids is 1. The molecule has 0 bridgehead atoms. The molecule has 3 aromatic rings. The molecule has 0 spiro atoms. The number of ether oxygens (including phenoxy) is 2. The highest BCUT2D eigenvalue weighted by molar-refractivity contribution is 9.10. The molecule has 0 aliphatic carbocycles. The van der Waals surface area contributed by atoms with Crippen LogP contribution in [0.15, 0.2) is 65.3 Å². The number of rotatable bonds is 4. The first-order valence-electron chi connectivity index (χ1n) is 10.9. The van der Waals surface area contributed by atoms with Gasteiger partial charge in [0.1, 0.15) is 28.9 Å². The molecule has 0 radical (unpaired) electrons. The van der Waals surface area contributed by atoms with Crippen molar-refractivity contribution >= 4 is 22.0 Å². The van der Waals surface area contributed by atoms with Gasteiger partial charge in [0.05, 0.1) is 4.47 Å². The monoisotopic (exact) mass is 507 g/mol. The number of carbonyl (C=O) groups is 1. The van der Waals surface area contributed by atoms with Crippen LogP contribution in [0.3, 0.4) is 0 Å². The van der Waals surface area contributed by atoms with E-state index in [-0.39, 0.29) is 12.0 Å². The van der Waals surface area contributed by atoms with E-state index < -0.39 is 5.60 Å². The summed E-state index contributed by atoms with van der Waals surface area (Å²) in [5, 5.41) is 9.82. The number of para-hydroxylation sites is 1. The first-order chi connectivity index (χ1) is 15.7. The van der Waals surface area contributed by atoms with Crippen LogP contribution in [0.2, 0.25) is 0 Å². The van der Waals surface area contributed by atoms with Crippen molar-refractivity contribution in [2.24, 2.45) is 0 Å². The average Bonchev–Trinajstić information content (AvgIpc) is 3.38. The minimum absolute atomic E-state index is 0.126. The molecule has 1 aliphatic rings. The Balaban J connectivity index is 1.53. The number of nitriles is 1. The number of amides is 1. The van der Waals surface area contributed by atoms with Crippen molar-refractivity contribution in [1.82, 2.24) is 9.47 Å². The maximum Gasteiger partial charge on any atom is 0.410 e. The topological polar surface area (TPSA) is 67.5 Å². The molecule has 7 heteroatoms. The van der Waals surface area contributed by atoms with Crippen molar-refractivity contribution in [3.05, 3.63) is 76.5 Å². The molecule has 4 rings (SSSR count). The van der Waals surface area contributed by atoms with Crippen LogP contribution in [-0.4, -0.2) is 34.3 Å². The molecule has 170 valence electrons. The highest BCUT2D eigenvalue weighted by Crippen LogP contribution is 2.37. The Hall–Kier alpha value is -3.24. The van der Waals surface area contributed by atoms with Crippen molar-refractivity contribution < 1.29 is 14.3 Å². The quantitative estimate of drug-likeness (QED) is 0.397. The van der Waals surface area contributed by atoms with Crippen molar-refractivity contribution in [2.45, 2.75) is 38.7 Å². The van der Waals surface area contributed by atoms with E-state index in [0.29, 0.717) is 18.8 Å². The van der Waals surface area contributed by atoms with Crippen LogP contribution in [0.4, 0.5) is 4.79 Å². The van der Waals surface area contributed by atoms with Gasteiger partial charge in [0, 0.05) is 30.9 Å². The summed E-state index contributed by atoms with van der Waals surface area (Å²) < 4.78 is 14.0. The molecular weight excluding hydrogens is 482 g/mol. The number of hydrogen-bond donors (Lipinski definition) is 0. The predicted octanol–water partition coefficient (Wildman–Crippen LogP) is 6.63. The van der Waals surface area contributed by atoms with Gasteiger partial charge in [-0.2, -0.15) is 5.26 Å². The zero-order valence-electron chi connectivity index (χ0n) is 18.9. The Morgan fingerprint density at radius 1 is 1.09 bits per heavy atom. The Kier molecular flexibility index (Phi) is 6.48. The van der Waals surface area contributed by atoms with E-state index in [1.165, 1.54) is 0 Å². The molecule has 1 saturated heterocycles. The first-order valence-corrected chi connectivity index (χ1v) is 11.7. The summed E-state index contributed by atoms with van der Waals surface area (Å²) in [7, 11) is 0. The SMILES string of the molecule is CC(C)(C)OC(=O)N1CC[C@@H](c2cn(-c3ccc(Oc4ccccc4)cc3)c(C#N)c2Br)C1. The summed E-state index contributed by atoms with van der Waals surface area (Å²) in [5.41, 5.74) is 1.88. The number of likely N-dealkylation sites (tertiary alicyclic amines) is 1. The van der Waals surface area contributed by atoms with Crippen LogP contribution >= 0.6 is 15.9 Å². The van der Waals surface area contributed by atoms with E-state index in [0.717, 1.165) is 33.6 Å². The lowest BCUT2D eigenvalue weighted by atomic mass is 10.0. The standard InChI is InChI=1S/C26H26BrN3O3/c1-26(2,3)33-25(31)29-14-13-18(16-29)22-17-30(23(15-28)24(22)27)19-9-11-21(12-10-19)32-20-7-5-4-6-8-20/h4-12,17-18H,13-14,16H2,1-3H3/t18-/m1/s1. The second-order valence-corrected chi connectivity index (χ2v) is 9.84. The van der Waals surface area contributed by atoms with E-state index in [1.807, 2.05) is 86.1 Å². The Labute approximate surface area is 202 Å². The van der Waals surface area contributed by atoms with Crippen molar-refractivity contribution in [2.75, 3.05) is 13.1 Å². The van der Waals surface area contributed by atoms with Crippen LogP contribution < -0.4 is 4.74 Å². The number of halogens is 1. The lowest BCUT2D eigenvalue weighted by Crippen LogP contribution is -2.35. The minimum Gasteiger partial charge on any atom is -0.457 e. The Morgan fingerprint density at radius 2 is 1.76 bits per heavy atom. The van der Waals surface area contributed by atoms with E-state index >= 15 is 0 Å². The summed E-state index contributed by atoms with van der Waals surface area (Å²) >= 11 is 3.63. The van der Waals surface area contributed by atoms with Gasteiger partial charge in [-0.1, -0.05) is 18.2 Å². The van der Waals surface area contributed by atoms with Crippen LogP contribution in [0.5, 0.6) is 11.5 Å². The molecule has 1 atom stereocenters. The van der Waals surface area contributed by atoms with Crippen LogP contribution in [-0.2, 0) is 4.74 Å². The van der Waals surface area contributed by atoms with Gasteiger partial charge in [-0.3, -0.25) is 0 Å². The predicted molar refractivity (Wildman–Crippen MR) is 130 cm³/mol. The van der Waals surface area contributed by atoms with E-state index in [2.05, 4.69) is 22.0 Å². The minimum atomic E-state index is -0.524. The van der Waals surface area contributed by atoms with Crippen LogP contribution in [0.1, 0.15) is 44.4 Å². The fourth-order valence-electron chi connectivity index (χ4n) is 3.90. The van der Waals surface area contributed by atoms with Crippen molar-refractivity contribution in [3.8, 4) is 23.3 Å². The van der Waals surface area contributed by atoms with Crippen molar-refractivity contribution in [3.63, 3.8) is 0 Å². The summed E-state index contributed by atoms with van der Waals surface area (Å²) in [6.45, 7) is 6.79. The van der Waals surface area contributed by atoms with Gasteiger partial charge in [0.25, 0.3) is 0 Å².